The molecule has 1 atom stereocenters. The highest BCUT2D eigenvalue weighted by Gasteiger charge is 2.19. The van der Waals surface area contributed by atoms with E-state index in [1.807, 2.05) is 27.0 Å². The summed E-state index contributed by atoms with van der Waals surface area (Å²) in [6.45, 7) is 7.94. The highest BCUT2D eigenvalue weighted by molar-refractivity contribution is 5.84. The average molecular weight is 303 g/mol. The lowest BCUT2D eigenvalue weighted by Gasteiger charge is -2.23. The number of aromatic amines is 1. The standard InChI is InChI=1S/C17H25N3O2/c1-11-5-6-15-14(7-11)12(10-19-15)8-13(9-18)20-16(21)22-17(2,3)4/h5-7,10,13,19H,8-9,18H2,1-4H3,(H,20,21)/t13-/m1/s1. The summed E-state index contributed by atoms with van der Waals surface area (Å²) < 4.78 is 5.28. The van der Waals surface area contributed by atoms with E-state index in [0.717, 1.165) is 11.1 Å². The van der Waals surface area contributed by atoms with Gasteiger partial charge in [-0.2, -0.15) is 0 Å². The van der Waals surface area contributed by atoms with Crippen LogP contribution in [0.2, 0.25) is 0 Å². The molecule has 0 fully saturated rings. The van der Waals surface area contributed by atoms with Crippen LogP contribution in [0, 0.1) is 6.92 Å². The molecule has 0 saturated heterocycles. The van der Waals surface area contributed by atoms with Gasteiger partial charge < -0.3 is 20.8 Å². The normalized spacial score (nSPS) is 13.1. The molecule has 0 aliphatic rings. The fraction of sp³-hybridized carbons (Fsp3) is 0.471. The van der Waals surface area contributed by atoms with Crippen LogP contribution in [-0.2, 0) is 11.2 Å². The second-order valence-electron chi connectivity index (χ2n) is 6.65. The number of aryl methyl sites for hydroxylation is 1. The minimum Gasteiger partial charge on any atom is -0.444 e. The third kappa shape index (κ3) is 4.24. The zero-order valence-corrected chi connectivity index (χ0v) is 13.7. The summed E-state index contributed by atoms with van der Waals surface area (Å²) in [5.41, 5.74) is 8.72. The van der Waals surface area contributed by atoms with Crippen molar-refractivity contribution < 1.29 is 9.53 Å². The van der Waals surface area contributed by atoms with E-state index in [1.165, 1.54) is 10.9 Å². The summed E-state index contributed by atoms with van der Waals surface area (Å²) in [6.07, 6.45) is 2.21. The SMILES string of the molecule is Cc1ccc2[nH]cc(C[C@H](CN)NC(=O)OC(C)(C)C)c2c1. The number of fused-ring (bicyclic) bond motifs is 1. The maximum atomic E-state index is 11.9. The molecule has 0 spiro atoms. The van der Waals surface area contributed by atoms with Crippen LogP contribution >= 0.6 is 0 Å². The predicted octanol–water partition coefficient (Wildman–Crippen LogP) is 2.87. The average Bonchev–Trinajstić information content (AvgIpc) is 2.78. The van der Waals surface area contributed by atoms with E-state index in [0.29, 0.717) is 13.0 Å². The van der Waals surface area contributed by atoms with Crippen LogP contribution in [0.4, 0.5) is 4.79 Å². The Morgan fingerprint density at radius 3 is 2.77 bits per heavy atom. The first-order valence-corrected chi connectivity index (χ1v) is 7.54. The van der Waals surface area contributed by atoms with E-state index in [1.54, 1.807) is 0 Å². The summed E-state index contributed by atoms with van der Waals surface area (Å²) in [5, 5.41) is 4.01. The number of hydrogen-bond acceptors (Lipinski definition) is 3. The Morgan fingerprint density at radius 2 is 2.14 bits per heavy atom. The van der Waals surface area contributed by atoms with E-state index in [-0.39, 0.29) is 6.04 Å². The van der Waals surface area contributed by atoms with Gasteiger partial charge in [-0.25, -0.2) is 4.79 Å². The fourth-order valence-electron chi connectivity index (χ4n) is 2.39. The van der Waals surface area contributed by atoms with Crippen molar-refractivity contribution in [3.05, 3.63) is 35.5 Å². The number of rotatable bonds is 4. The van der Waals surface area contributed by atoms with Gasteiger partial charge in [0.15, 0.2) is 0 Å². The highest BCUT2D eigenvalue weighted by atomic mass is 16.6. The van der Waals surface area contributed by atoms with Crippen molar-refractivity contribution in [2.75, 3.05) is 6.54 Å². The molecule has 0 aliphatic carbocycles. The number of aromatic nitrogens is 1. The van der Waals surface area contributed by atoms with Crippen molar-refractivity contribution >= 4 is 17.0 Å². The monoisotopic (exact) mass is 303 g/mol. The number of H-pyrrole nitrogens is 1. The molecular formula is C17H25N3O2. The minimum atomic E-state index is -0.513. The van der Waals surface area contributed by atoms with Gasteiger partial charge >= 0.3 is 6.09 Å². The first-order chi connectivity index (χ1) is 10.3. The molecule has 0 bridgehead atoms. The fourth-order valence-corrected chi connectivity index (χ4v) is 2.39. The van der Waals surface area contributed by atoms with Crippen molar-refractivity contribution in [1.29, 1.82) is 0 Å². The third-order valence-corrected chi connectivity index (χ3v) is 3.39. The quantitative estimate of drug-likeness (QED) is 0.812. The molecule has 1 amide bonds. The molecule has 0 unspecified atom stereocenters. The van der Waals surface area contributed by atoms with Crippen LogP contribution in [-0.4, -0.2) is 29.3 Å². The van der Waals surface area contributed by atoms with Gasteiger partial charge in [-0.3, -0.25) is 0 Å². The number of hydrogen-bond donors (Lipinski definition) is 3. The third-order valence-electron chi connectivity index (χ3n) is 3.39. The van der Waals surface area contributed by atoms with Gasteiger partial charge in [0.05, 0.1) is 0 Å². The van der Waals surface area contributed by atoms with Crippen molar-refractivity contribution in [2.24, 2.45) is 5.73 Å². The Hall–Kier alpha value is -2.01. The molecule has 1 aromatic carbocycles. The number of carbonyl (C=O) groups excluding carboxylic acids is 1. The number of ether oxygens (including phenoxy) is 1. The van der Waals surface area contributed by atoms with Crippen molar-refractivity contribution in [3.63, 3.8) is 0 Å². The predicted molar refractivity (Wildman–Crippen MR) is 89.0 cm³/mol. The molecule has 22 heavy (non-hydrogen) atoms. The van der Waals surface area contributed by atoms with Crippen LogP contribution < -0.4 is 11.1 Å². The molecule has 120 valence electrons. The van der Waals surface area contributed by atoms with E-state index < -0.39 is 11.7 Å². The Kier molecular flexibility index (Phi) is 4.76. The smallest absolute Gasteiger partial charge is 0.407 e. The first kappa shape index (κ1) is 16.4. The Balaban J connectivity index is 2.09. The summed E-state index contributed by atoms with van der Waals surface area (Å²) in [4.78, 5) is 15.1. The lowest BCUT2D eigenvalue weighted by molar-refractivity contribution is 0.0506. The summed E-state index contributed by atoms with van der Waals surface area (Å²) in [5.74, 6) is 0. The second kappa shape index (κ2) is 6.40. The van der Waals surface area contributed by atoms with E-state index in [2.05, 4.69) is 35.4 Å². The lowest BCUT2D eigenvalue weighted by atomic mass is 10.0. The molecule has 2 rings (SSSR count). The molecule has 5 nitrogen and oxygen atoms in total. The molecule has 1 heterocycles. The van der Waals surface area contributed by atoms with Gasteiger partial charge in [0.25, 0.3) is 0 Å². The summed E-state index contributed by atoms with van der Waals surface area (Å²) in [6, 6.07) is 6.12. The van der Waals surface area contributed by atoms with Gasteiger partial charge in [-0.05, 0) is 51.8 Å². The maximum Gasteiger partial charge on any atom is 0.407 e. The number of amides is 1. The Labute approximate surface area is 131 Å². The van der Waals surface area contributed by atoms with Crippen LogP contribution in [0.15, 0.2) is 24.4 Å². The second-order valence-corrected chi connectivity index (χ2v) is 6.65. The van der Waals surface area contributed by atoms with E-state index in [9.17, 15) is 4.79 Å². The van der Waals surface area contributed by atoms with Crippen molar-refractivity contribution in [3.8, 4) is 0 Å². The minimum absolute atomic E-state index is 0.158. The highest BCUT2D eigenvalue weighted by Crippen LogP contribution is 2.21. The molecule has 0 saturated carbocycles. The molecule has 0 radical (unpaired) electrons. The molecule has 2 aromatic rings. The van der Waals surface area contributed by atoms with Crippen LogP contribution in [0.25, 0.3) is 10.9 Å². The van der Waals surface area contributed by atoms with E-state index >= 15 is 0 Å². The molecule has 5 heteroatoms. The number of nitrogens with one attached hydrogen (secondary N) is 2. The summed E-state index contributed by atoms with van der Waals surface area (Å²) >= 11 is 0. The van der Waals surface area contributed by atoms with Gasteiger partial charge in [-0.1, -0.05) is 11.6 Å². The maximum absolute atomic E-state index is 11.9. The Bertz CT molecular complexity index is 655. The molecular weight excluding hydrogens is 278 g/mol. The van der Waals surface area contributed by atoms with Crippen LogP contribution in [0.3, 0.4) is 0 Å². The van der Waals surface area contributed by atoms with Crippen molar-refractivity contribution in [1.82, 2.24) is 10.3 Å². The van der Waals surface area contributed by atoms with Gasteiger partial charge in [0.1, 0.15) is 5.60 Å². The van der Waals surface area contributed by atoms with Gasteiger partial charge in [-0.15, -0.1) is 0 Å². The van der Waals surface area contributed by atoms with Gasteiger partial charge in [0, 0.05) is 29.7 Å². The summed E-state index contributed by atoms with van der Waals surface area (Å²) in [7, 11) is 0. The van der Waals surface area contributed by atoms with Crippen LogP contribution in [0.1, 0.15) is 31.9 Å². The zero-order chi connectivity index (χ0) is 16.3. The first-order valence-electron chi connectivity index (χ1n) is 7.54. The van der Waals surface area contributed by atoms with E-state index in [4.69, 9.17) is 10.5 Å². The van der Waals surface area contributed by atoms with Crippen molar-refractivity contribution in [2.45, 2.75) is 45.8 Å². The number of benzene rings is 1. The lowest BCUT2D eigenvalue weighted by Crippen LogP contribution is -2.44. The zero-order valence-electron chi connectivity index (χ0n) is 13.7. The molecule has 4 N–H and O–H groups in total. The number of carbonyl (C=O) groups is 1. The largest absolute Gasteiger partial charge is 0.444 e. The molecule has 1 aromatic heterocycles. The molecule has 0 aliphatic heterocycles. The topological polar surface area (TPSA) is 80.1 Å². The number of alkyl carbamates (subject to hydrolysis) is 1. The van der Waals surface area contributed by atoms with Crippen LogP contribution in [0.5, 0.6) is 0 Å². The van der Waals surface area contributed by atoms with Gasteiger partial charge in [0.2, 0.25) is 0 Å². The Morgan fingerprint density at radius 1 is 1.41 bits per heavy atom. The number of nitrogens with two attached hydrogens (primary N) is 1.